The van der Waals surface area contributed by atoms with E-state index in [4.69, 9.17) is 9.05 Å². The molecular formula is C64H113N2O6P. The summed E-state index contributed by atoms with van der Waals surface area (Å²) < 4.78 is 23.3. The summed E-state index contributed by atoms with van der Waals surface area (Å²) in [5, 5.41) is 13.9. The molecule has 2 N–H and O–H groups in total. The zero-order valence-corrected chi connectivity index (χ0v) is 48.7. The number of unbranched alkanes of at least 4 members (excludes halogenated alkanes) is 24. The number of nitrogens with zero attached hydrogens (tertiary/aromatic N) is 1. The number of nitrogens with one attached hydrogen (secondary N) is 1. The second kappa shape index (κ2) is 54.0. The number of allylic oxidation sites excluding steroid dienone is 17. The number of phosphoric ester groups is 1. The van der Waals surface area contributed by atoms with Gasteiger partial charge in [0.1, 0.15) is 13.2 Å². The minimum atomic E-state index is -4.60. The van der Waals surface area contributed by atoms with E-state index in [0.717, 1.165) is 96.3 Å². The standard InChI is InChI=1S/C64H113N2O6P/c1-6-8-10-12-14-16-18-20-22-24-25-26-27-28-29-30-31-32-33-34-35-36-37-38-39-40-41-42-44-46-48-50-52-54-56-58-64(68)65-62(61-72-73(69,70)71-60-59-66(3,4)5)63(67)57-55-53-51-49-47-45-43-23-21-19-17-15-13-11-9-7-2/h8,10,14,16,20,22,25-26,28-29,31-32,34-35,37-38,55,57,62-63,67H,6-7,9,11-13,15,17-19,21,23-24,27,30,33,36,39-54,56,58-61H2,1-5H3,(H-,65,68,69,70)/b10-8-,16-14-,22-20-,26-25-,29-28-,32-31-,35-34-,38-37-,57-55+. The first-order valence-corrected chi connectivity index (χ1v) is 31.2. The third kappa shape index (κ3) is 56.7. The predicted octanol–water partition coefficient (Wildman–Crippen LogP) is 17.7. The lowest BCUT2D eigenvalue weighted by molar-refractivity contribution is -0.870. The molecule has 420 valence electrons. The van der Waals surface area contributed by atoms with Crippen molar-refractivity contribution in [2.45, 2.75) is 251 Å². The highest BCUT2D eigenvalue weighted by Crippen LogP contribution is 2.38. The molecule has 0 aromatic carbocycles. The number of rotatable bonds is 53. The fraction of sp³-hybridized carbons (Fsp3) is 0.703. The van der Waals surface area contributed by atoms with Crippen LogP contribution in [0.4, 0.5) is 0 Å². The number of hydrogen-bond donors (Lipinski definition) is 2. The summed E-state index contributed by atoms with van der Waals surface area (Å²) in [4.78, 5) is 25.5. The fourth-order valence-electron chi connectivity index (χ4n) is 8.11. The van der Waals surface area contributed by atoms with E-state index in [1.54, 1.807) is 6.08 Å². The van der Waals surface area contributed by atoms with Crippen LogP contribution in [0.1, 0.15) is 239 Å². The molecular weight excluding hydrogens is 924 g/mol. The molecule has 0 fully saturated rings. The van der Waals surface area contributed by atoms with Crippen molar-refractivity contribution < 1.29 is 32.9 Å². The van der Waals surface area contributed by atoms with Crippen molar-refractivity contribution in [1.82, 2.24) is 5.32 Å². The SMILES string of the molecule is CC/C=C\C/C=C\C/C=C\C/C=C\C/C=C\C/C=C\C/C=C\C/C=C\CCCCCCCCCCCCC(=O)NC(COP(=O)([O-])OCC[N+](C)(C)C)C(O)/C=C/CCCCCCCCCCCCCCCC. The second-order valence-electron chi connectivity index (χ2n) is 21.0. The Morgan fingerprint density at radius 1 is 0.493 bits per heavy atom. The van der Waals surface area contributed by atoms with Crippen molar-refractivity contribution in [2.24, 2.45) is 0 Å². The van der Waals surface area contributed by atoms with E-state index in [0.29, 0.717) is 17.4 Å². The Labute approximate surface area is 451 Å². The van der Waals surface area contributed by atoms with Gasteiger partial charge in [-0.2, -0.15) is 0 Å². The van der Waals surface area contributed by atoms with Crippen LogP contribution in [-0.2, 0) is 18.4 Å². The Morgan fingerprint density at radius 3 is 1.22 bits per heavy atom. The maximum atomic E-state index is 13.0. The first-order chi connectivity index (χ1) is 35.5. The average Bonchev–Trinajstić information content (AvgIpc) is 3.35. The normalized spacial score (nSPS) is 14.7. The maximum Gasteiger partial charge on any atom is 0.268 e. The average molecular weight is 1040 g/mol. The molecule has 3 atom stereocenters. The number of likely N-dealkylation sites (N-methyl/N-ethyl adjacent to an activating group) is 1. The quantitative estimate of drug-likeness (QED) is 0.0272. The Balaban J connectivity index is 4.16. The van der Waals surface area contributed by atoms with Gasteiger partial charge in [-0.15, -0.1) is 0 Å². The monoisotopic (exact) mass is 1040 g/mol. The molecule has 3 unspecified atom stereocenters. The van der Waals surface area contributed by atoms with Crippen molar-refractivity contribution in [1.29, 1.82) is 0 Å². The van der Waals surface area contributed by atoms with Gasteiger partial charge in [-0.25, -0.2) is 0 Å². The molecule has 0 aromatic rings. The lowest BCUT2D eigenvalue weighted by Gasteiger charge is -2.29. The van der Waals surface area contributed by atoms with Crippen LogP contribution in [-0.4, -0.2) is 68.5 Å². The van der Waals surface area contributed by atoms with Crippen molar-refractivity contribution in [2.75, 3.05) is 40.9 Å². The molecule has 0 spiro atoms. The van der Waals surface area contributed by atoms with E-state index in [9.17, 15) is 19.4 Å². The summed E-state index contributed by atoms with van der Waals surface area (Å²) in [6.45, 7) is 4.53. The maximum absolute atomic E-state index is 13.0. The molecule has 73 heavy (non-hydrogen) atoms. The highest BCUT2D eigenvalue weighted by Gasteiger charge is 2.23. The smallest absolute Gasteiger partial charge is 0.268 e. The molecule has 8 nitrogen and oxygen atoms in total. The van der Waals surface area contributed by atoms with Gasteiger partial charge in [-0.3, -0.25) is 9.36 Å². The number of carbonyl (C=O) groups is 1. The minimum Gasteiger partial charge on any atom is -0.756 e. The van der Waals surface area contributed by atoms with Gasteiger partial charge < -0.3 is 28.8 Å². The van der Waals surface area contributed by atoms with E-state index in [-0.39, 0.29) is 19.1 Å². The Hall–Kier alpha value is -2.84. The van der Waals surface area contributed by atoms with Crippen LogP contribution >= 0.6 is 7.82 Å². The van der Waals surface area contributed by atoms with E-state index in [1.165, 1.54) is 122 Å². The number of quaternary nitrogens is 1. The lowest BCUT2D eigenvalue weighted by atomic mass is 10.0. The molecule has 0 rings (SSSR count). The summed E-state index contributed by atoms with van der Waals surface area (Å²) >= 11 is 0. The summed E-state index contributed by atoms with van der Waals surface area (Å²) in [5.41, 5.74) is 0. The molecule has 0 saturated carbocycles. The number of hydrogen-bond acceptors (Lipinski definition) is 6. The molecule has 0 aliphatic rings. The number of amides is 1. The summed E-state index contributed by atoms with van der Waals surface area (Å²) in [6.07, 6.45) is 78.8. The molecule has 0 saturated heterocycles. The lowest BCUT2D eigenvalue weighted by Crippen LogP contribution is -2.45. The first-order valence-electron chi connectivity index (χ1n) is 29.7. The highest BCUT2D eigenvalue weighted by molar-refractivity contribution is 7.45. The van der Waals surface area contributed by atoms with Gasteiger partial charge in [0.05, 0.1) is 39.9 Å². The second-order valence-corrected chi connectivity index (χ2v) is 22.4. The molecule has 0 bridgehead atoms. The predicted molar refractivity (Wildman–Crippen MR) is 316 cm³/mol. The van der Waals surface area contributed by atoms with Crippen LogP contribution in [0.5, 0.6) is 0 Å². The molecule has 0 radical (unpaired) electrons. The van der Waals surface area contributed by atoms with E-state index in [2.05, 4.69) is 116 Å². The number of carbonyl (C=O) groups excluding carboxylic acids is 1. The third-order valence-electron chi connectivity index (χ3n) is 12.7. The Morgan fingerprint density at radius 2 is 0.836 bits per heavy atom. The van der Waals surface area contributed by atoms with Crippen LogP contribution in [0.15, 0.2) is 109 Å². The van der Waals surface area contributed by atoms with Crippen molar-refractivity contribution >= 4 is 13.7 Å². The van der Waals surface area contributed by atoms with Crippen molar-refractivity contribution in [3.8, 4) is 0 Å². The third-order valence-corrected chi connectivity index (χ3v) is 13.7. The molecule has 0 aliphatic heterocycles. The molecule has 0 aliphatic carbocycles. The van der Waals surface area contributed by atoms with E-state index in [1.807, 2.05) is 27.2 Å². The number of phosphoric acid groups is 1. The Kier molecular flexibility index (Phi) is 51.9. The number of aliphatic hydroxyl groups is 1. The van der Waals surface area contributed by atoms with Crippen LogP contribution in [0.2, 0.25) is 0 Å². The molecule has 9 heteroatoms. The van der Waals surface area contributed by atoms with Gasteiger partial charge in [0.2, 0.25) is 5.91 Å². The van der Waals surface area contributed by atoms with E-state index >= 15 is 0 Å². The topological polar surface area (TPSA) is 108 Å². The largest absolute Gasteiger partial charge is 0.756 e. The van der Waals surface area contributed by atoms with Crippen LogP contribution in [0.25, 0.3) is 0 Å². The van der Waals surface area contributed by atoms with Gasteiger partial charge in [-0.1, -0.05) is 258 Å². The van der Waals surface area contributed by atoms with Crippen LogP contribution in [0.3, 0.4) is 0 Å². The molecule has 1 amide bonds. The summed E-state index contributed by atoms with van der Waals surface area (Å²) in [7, 11) is 1.25. The zero-order valence-electron chi connectivity index (χ0n) is 47.8. The summed E-state index contributed by atoms with van der Waals surface area (Å²) in [5.74, 6) is -0.206. The summed E-state index contributed by atoms with van der Waals surface area (Å²) in [6, 6.07) is -0.896. The van der Waals surface area contributed by atoms with Gasteiger partial charge in [0.15, 0.2) is 0 Å². The van der Waals surface area contributed by atoms with Gasteiger partial charge >= 0.3 is 0 Å². The van der Waals surface area contributed by atoms with Gasteiger partial charge in [-0.05, 0) is 83.5 Å². The van der Waals surface area contributed by atoms with Crippen molar-refractivity contribution in [3.05, 3.63) is 109 Å². The highest BCUT2D eigenvalue weighted by atomic mass is 31.2. The Bertz CT molecular complexity index is 1550. The van der Waals surface area contributed by atoms with Crippen LogP contribution < -0.4 is 10.2 Å². The molecule has 0 aromatic heterocycles. The number of aliphatic hydroxyl groups excluding tert-OH is 1. The molecule has 0 heterocycles. The van der Waals surface area contributed by atoms with Gasteiger partial charge in [0, 0.05) is 6.42 Å². The van der Waals surface area contributed by atoms with Gasteiger partial charge in [0.25, 0.3) is 7.82 Å². The van der Waals surface area contributed by atoms with Crippen LogP contribution in [0, 0.1) is 0 Å². The van der Waals surface area contributed by atoms with Crippen molar-refractivity contribution in [3.63, 3.8) is 0 Å². The zero-order chi connectivity index (χ0) is 53.5. The minimum absolute atomic E-state index is 0.00639. The fourth-order valence-corrected chi connectivity index (χ4v) is 8.83. The van der Waals surface area contributed by atoms with E-state index < -0.39 is 20.0 Å². The first kappa shape index (κ1) is 70.2.